The second-order valence-corrected chi connectivity index (χ2v) is 11.6. The van der Waals surface area contributed by atoms with E-state index in [2.05, 4.69) is 0 Å². The maximum atomic E-state index is 14.5. The number of carboxylic acid groups (broad SMARTS) is 1. The van der Waals surface area contributed by atoms with Gasteiger partial charge in [-0.15, -0.1) is 0 Å². The van der Waals surface area contributed by atoms with Crippen molar-refractivity contribution in [2.45, 2.75) is 43.9 Å². The van der Waals surface area contributed by atoms with E-state index in [1.165, 1.54) is 24.3 Å². The number of fused-ring (bicyclic) bond motifs is 1. The van der Waals surface area contributed by atoms with Crippen LogP contribution in [0.2, 0.25) is 5.02 Å². The van der Waals surface area contributed by atoms with Crippen molar-refractivity contribution in [3.05, 3.63) is 87.7 Å². The van der Waals surface area contributed by atoms with E-state index >= 15 is 0 Å². The number of aliphatic carboxylic acids is 1. The number of rotatable bonds is 7. The number of alkyl halides is 3. The number of carbonyl (C=O) groups is 1. The van der Waals surface area contributed by atoms with E-state index in [-0.39, 0.29) is 41.4 Å². The first-order valence-corrected chi connectivity index (χ1v) is 13.9. The summed E-state index contributed by atoms with van der Waals surface area (Å²) in [4.78, 5) is 10.6. The average Bonchev–Trinajstić information content (AvgIpc) is 2.88. The molecule has 1 heterocycles. The number of benzene rings is 3. The van der Waals surface area contributed by atoms with Crippen LogP contribution in [0.15, 0.2) is 59.5 Å². The summed E-state index contributed by atoms with van der Waals surface area (Å²) in [5, 5.41) is 9.29. The van der Waals surface area contributed by atoms with Gasteiger partial charge >= 0.3 is 12.1 Å². The number of hydrogen-bond acceptors (Lipinski definition) is 4. The van der Waals surface area contributed by atoms with E-state index in [4.69, 9.17) is 21.4 Å². The molecule has 1 aliphatic rings. The minimum atomic E-state index is -4.77. The molecule has 6 nitrogen and oxygen atoms in total. The molecule has 4 rings (SSSR count). The third kappa shape index (κ3) is 5.95. The Kier molecular flexibility index (Phi) is 8.18. The van der Waals surface area contributed by atoms with E-state index in [1.807, 2.05) is 0 Å². The Morgan fingerprint density at radius 1 is 1.18 bits per heavy atom. The van der Waals surface area contributed by atoms with Crippen molar-refractivity contribution in [3.8, 4) is 5.75 Å². The molecule has 1 aliphatic heterocycles. The van der Waals surface area contributed by atoms with Crippen molar-refractivity contribution in [1.29, 1.82) is 0 Å². The Morgan fingerprint density at radius 3 is 2.52 bits per heavy atom. The molecule has 1 N–H and O–H groups in total. The molecular weight excluding hydrogens is 574 g/mol. The number of allylic oxidation sites excluding steroid dienone is 1. The Labute approximate surface area is 233 Å². The van der Waals surface area contributed by atoms with Crippen molar-refractivity contribution in [1.82, 2.24) is 0 Å². The predicted octanol–water partition coefficient (Wildman–Crippen LogP) is 7.19. The zero-order valence-electron chi connectivity index (χ0n) is 21.3. The van der Waals surface area contributed by atoms with Gasteiger partial charge in [-0.25, -0.2) is 12.8 Å². The first-order valence-electron chi connectivity index (χ1n) is 12.0. The lowest BCUT2D eigenvalue weighted by molar-refractivity contribution is -0.138. The molecule has 0 unspecified atom stereocenters. The monoisotopic (exact) mass is 597 g/mol. The largest absolute Gasteiger partial charge is 0.486 e. The highest BCUT2D eigenvalue weighted by Gasteiger charge is 2.38. The third-order valence-corrected chi connectivity index (χ3v) is 8.58. The third-order valence-electron chi connectivity index (χ3n) is 6.51. The Balaban J connectivity index is 1.86. The molecule has 12 heteroatoms. The minimum Gasteiger partial charge on any atom is -0.486 e. The van der Waals surface area contributed by atoms with E-state index in [9.17, 15) is 30.8 Å². The SMILES string of the molecule is C/C(=C\c1ccc2c(c1C)N(S(=O)(=O)c1cccc(C(F)(F)F)c1)C[C@H](CCC(=O)O)O2)c1c(F)cccc1Cl. The number of ether oxygens (including phenoxy) is 1. The molecule has 0 saturated carbocycles. The fourth-order valence-electron chi connectivity index (χ4n) is 4.54. The van der Waals surface area contributed by atoms with Crippen molar-refractivity contribution < 1.29 is 40.6 Å². The van der Waals surface area contributed by atoms with Gasteiger partial charge in [0.15, 0.2) is 0 Å². The molecule has 0 aliphatic carbocycles. The predicted molar refractivity (Wildman–Crippen MR) is 143 cm³/mol. The molecule has 0 bridgehead atoms. The Bertz CT molecular complexity index is 1580. The van der Waals surface area contributed by atoms with E-state index in [0.717, 1.165) is 22.5 Å². The molecular formula is C28H24ClF4NO5S. The zero-order chi connectivity index (χ0) is 29.4. The normalized spacial score (nSPS) is 15.9. The van der Waals surface area contributed by atoms with Gasteiger partial charge in [-0.2, -0.15) is 13.2 Å². The van der Waals surface area contributed by atoms with Crippen LogP contribution < -0.4 is 9.04 Å². The summed E-state index contributed by atoms with van der Waals surface area (Å²) in [6, 6.07) is 10.8. The molecule has 0 spiro atoms. The van der Waals surface area contributed by atoms with Crippen LogP contribution in [0.1, 0.15) is 42.0 Å². The summed E-state index contributed by atoms with van der Waals surface area (Å²) < 4.78 is 89.2. The summed E-state index contributed by atoms with van der Waals surface area (Å²) in [5.41, 5.74) is 0.471. The number of hydrogen-bond donors (Lipinski definition) is 1. The maximum absolute atomic E-state index is 14.5. The number of halogens is 5. The van der Waals surface area contributed by atoms with Gasteiger partial charge in [0.05, 0.1) is 27.7 Å². The molecule has 0 radical (unpaired) electrons. The highest BCUT2D eigenvalue weighted by molar-refractivity contribution is 7.92. The molecule has 3 aromatic rings. The van der Waals surface area contributed by atoms with Crippen molar-refractivity contribution in [3.63, 3.8) is 0 Å². The van der Waals surface area contributed by atoms with Gasteiger partial charge in [0.2, 0.25) is 0 Å². The van der Waals surface area contributed by atoms with E-state index in [1.54, 1.807) is 26.0 Å². The lowest BCUT2D eigenvalue weighted by Gasteiger charge is -2.37. The number of nitrogens with zero attached hydrogens (tertiary/aromatic N) is 1. The van der Waals surface area contributed by atoms with Crippen LogP contribution in [-0.2, 0) is 21.0 Å². The number of sulfonamides is 1. The molecule has 0 saturated heterocycles. The molecule has 1 atom stereocenters. The average molecular weight is 598 g/mol. The minimum absolute atomic E-state index is 0.0328. The summed E-state index contributed by atoms with van der Waals surface area (Å²) in [6.07, 6.45) is -4.36. The first-order chi connectivity index (χ1) is 18.7. The maximum Gasteiger partial charge on any atom is 0.416 e. The van der Waals surface area contributed by atoms with Gasteiger partial charge in [0, 0.05) is 12.0 Å². The second-order valence-electron chi connectivity index (χ2n) is 9.28. The fraction of sp³-hybridized carbons (Fsp3) is 0.250. The highest BCUT2D eigenvalue weighted by Crippen LogP contribution is 2.43. The van der Waals surface area contributed by atoms with Crippen LogP contribution in [0.3, 0.4) is 0 Å². The van der Waals surface area contributed by atoms with Crippen LogP contribution in [0.5, 0.6) is 5.75 Å². The second kappa shape index (κ2) is 11.1. The van der Waals surface area contributed by atoms with E-state index < -0.39 is 44.5 Å². The first kappa shape index (κ1) is 29.4. The van der Waals surface area contributed by atoms with Crippen LogP contribution >= 0.6 is 11.6 Å². The summed E-state index contributed by atoms with van der Waals surface area (Å²) in [5.74, 6) is -1.54. The van der Waals surface area contributed by atoms with Crippen LogP contribution in [-0.4, -0.2) is 32.1 Å². The summed E-state index contributed by atoms with van der Waals surface area (Å²) >= 11 is 6.20. The number of carboxylic acids is 1. The Hall–Kier alpha value is -3.57. The highest BCUT2D eigenvalue weighted by atomic mass is 35.5. The molecule has 3 aromatic carbocycles. The molecule has 212 valence electrons. The van der Waals surface area contributed by atoms with E-state index in [0.29, 0.717) is 22.8 Å². The molecule has 0 fully saturated rings. The molecule has 0 amide bonds. The lowest BCUT2D eigenvalue weighted by Crippen LogP contribution is -2.44. The van der Waals surface area contributed by atoms with Crippen LogP contribution in [0.4, 0.5) is 23.2 Å². The molecule has 0 aromatic heterocycles. The topological polar surface area (TPSA) is 83.9 Å². The smallest absolute Gasteiger partial charge is 0.416 e. The zero-order valence-corrected chi connectivity index (χ0v) is 22.9. The van der Waals surface area contributed by atoms with Gasteiger partial charge in [0.25, 0.3) is 10.0 Å². The summed E-state index contributed by atoms with van der Waals surface area (Å²) in [6.45, 7) is 2.92. The van der Waals surface area contributed by atoms with Gasteiger partial charge in [-0.3, -0.25) is 9.10 Å². The van der Waals surface area contributed by atoms with Crippen LogP contribution in [0, 0.1) is 12.7 Å². The van der Waals surface area contributed by atoms with Crippen molar-refractivity contribution >= 4 is 44.9 Å². The lowest BCUT2D eigenvalue weighted by atomic mass is 9.99. The van der Waals surface area contributed by atoms with Gasteiger partial charge in [-0.1, -0.05) is 35.9 Å². The summed E-state index contributed by atoms with van der Waals surface area (Å²) in [7, 11) is -4.56. The quantitative estimate of drug-likeness (QED) is 0.230. The standard InChI is InChI=1S/C28H24ClF4NO5S/c1-16(26-22(29)7-4-8-23(26)30)13-18-9-11-24-27(17(18)2)34(15-20(39-24)10-12-25(35)36)40(37,38)21-6-3-5-19(14-21)28(31,32)33/h3-9,11,13-14,20H,10,12,15H2,1-2H3,(H,35,36)/b16-13+/t20-/m0/s1. The fourth-order valence-corrected chi connectivity index (χ4v) is 6.46. The van der Waals surface area contributed by atoms with Crippen molar-refractivity contribution in [2.75, 3.05) is 10.8 Å². The molecule has 40 heavy (non-hydrogen) atoms. The van der Waals surface area contributed by atoms with Crippen molar-refractivity contribution in [2.24, 2.45) is 0 Å². The Morgan fingerprint density at radius 2 is 1.88 bits per heavy atom. The number of anilines is 1. The van der Waals surface area contributed by atoms with Gasteiger partial charge in [-0.05, 0) is 73.4 Å². The van der Waals surface area contributed by atoms with Gasteiger partial charge < -0.3 is 9.84 Å². The van der Waals surface area contributed by atoms with Crippen LogP contribution in [0.25, 0.3) is 11.6 Å². The van der Waals surface area contributed by atoms with Gasteiger partial charge in [0.1, 0.15) is 17.7 Å².